The van der Waals surface area contributed by atoms with E-state index in [9.17, 15) is 0 Å². The number of fused-ring (bicyclic) bond motifs is 2. The normalized spacial score (nSPS) is 32.4. The first-order valence-corrected chi connectivity index (χ1v) is 7.86. The molecule has 104 valence electrons. The lowest BCUT2D eigenvalue weighted by atomic mass is 9.81. The lowest BCUT2D eigenvalue weighted by Gasteiger charge is -2.30. The van der Waals surface area contributed by atoms with Crippen molar-refractivity contribution in [3.05, 3.63) is 30.1 Å². The van der Waals surface area contributed by atoms with Gasteiger partial charge in [0.2, 0.25) is 0 Å². The molecule has 1 heterocycles. The number of nitrogens with one attached hydrogen (secondary N) is 1. The van der Waals surface area contributed by atoms with Crippen LogP contribution < -0.4 is 5.32 Å². The van der Waals surface area contributed by atoms with E-state index in [1.807, 2.05) is 12.3 Å². The SMILES string of the molecule is CNC(CC1CC2CCC1C2)C(C)c1ccccn1. The third-order valence-corrected chi connectivity index (χ3v) is 5.57. The highest BCUT2D eigenvalue weighted by molar-refractivity contribution is 5.11. The second kappa shape index (κ2) is 5.62. The van der Waals surface area contributed by atoms with E-state index in [0.29, 0.717) is 12.0 Å². The van der Waals surface area contributed by atoms with Gasteiger partial charge in [0.15, 0.2) is 0 Å². The van der Waals surface area contributed by atoms with Gasteiger partial charge in [0.25, 0.3) is 0 Å². The number of pyridine rings is 1. The van der Waals surface area contributed by atoms with Crippen molar-refractivity contribution in [2.24, 2.45) is 17.8 Å². The monoisotopic (exact) mass is 258 g/mol. The zero-order chi connectivity index (χ0) is 13.2. The van der Waals surface area contributed by atoms with Crippen LogP contribution in [0, 0.1) is 17.8 Å². The summed E-state index contributed by atoms with van der Waals surface area (Å²) < 4.78 is 0. The Morgan fingerprint density at radius 2 is 2.21 bits per heavy atom. The molecule has 2 fully saturated rings. The van der Waals surface area contributed by atoms with Crippen LogP contribution in [0.2, 0.25) is 0 Å². The van der Waals surface area contributed by atoms with Gasteiger partial charge >= 0.3 is 0 Å². The summed E-state index contributed by atoms with van der Waals surface area (Å²) in [5, 5.41) is 3.55. The van der Waals surface area contributed by atoms with Crippen molar-refractivity contribution in [2.45, 2.75) is 51.0 Å². The summed E-state index contributed by atoms with van der Waals surface area (Å²) in [6.07, 6.45) is 9.23. The van der Waals surface area contributed by atoms with E-state index in [-0.39, 0.29) is 0 Å². The lowest BCUT2D eigenvalue weighted by molar-refractivity contribution is 0.269. The van der Waals surface area contributed by atoms with Crippen LogP contribution in [0.3, 0.4) is 0 Å². The third kappa shape index (κ3) is 2.69. The molecule has 0 amide bonds. The molecule has 2 aliphatic carbocycles. The van der Waals surface area contributed by atoms with Gasteiger partial charge in [0.05, 0.1) is 0 Å². The minimum atomic E-state index is 0.505. The zero-order valence-electron chi connectivity index (χ0n) is 12.2. The van der Waals surface area contributed by atoms with Crippen molar-refractivity contribution in [1.82, 2.24) is 10.3 Å². The standard InChI is InChI=1S/C17H26N2/c1-12(16-5-3-4-8-19-16)17(18-2)11-15-10-13-6-7-14(15)9-13/h3-5,8,12-15,17-18H,6-7,9-11H2,1-2H3. The Labute approximate surface area is 117 Å². The van der Waals surface area contributed by atoms with Crippen molar-refractivity contribution < 1.29 is 0 Å². The lowest BCUT2D eigenvalue weighted by Crippen LogP contribution is -2.34. The molecule has 0 aliphatic heterocycles. The molecule has 0 aromatic carbocycles. The summed E-state index contributed by atoms with van der Waals surface area (Å²) in [6, 6.07) is 6.83. The molecule has 2 aliphatic rings. The Balaban J connectivity index is 1.64. The molecule has 0 radical (unpaired) electrons. The smallest absolute Gasteiger partial charge is 0.0447 e. The minimum Gasteiger partial charge on any atom is -0.316 e. The van der Waals surface area contributed by atoms with Crippen LogP contribution in [-0.4, -0.2) is 18.1 Å². The third-order valence-electron chi connectivity index (χ3n) is 5.57. The summed E-state index contributed by atoms with van der Waals surface area (Å²) in [4.78, 5) is 4.53. The van der Waals surface area contributed by atoms with Gasteiger partial charge in [-0.15, -0.1) is 0 Å². The summed E-state index contributed by atoms with van der Waals surface area (Å²) in [5.74, 6) is 3.54. The van der Waals surface area contributed by atoms with Gasteiger partial charge in [-0.3, -0.25) is 4.98 Å². The van der Waals surface area contributed by atoms with E-state index in [0.717, 1.165) is 17.8 Å². The Hall–Kier alpha value is -0.890. The first kappa shape index (κ1) is 13.1. The molecule has 2 nitrogen and oxygen atoms in total. The van der Waals surface area contributed by atoms with Gasteiger partial charge in [-0.05, 0) is 62.6 Å². The second-order valence-electron chi connectivity index (χ2n) is 6.61. The maximum absolute atomic E-state index is 4.53. The van der Waals surface area contributed by atoms with Crippen LogP contribution in [0.4, 0.5) is 0 Å². The number of hydrogen-bond donors (Lipinski definition) is 1. The molecule has 1 aromatic heterocycles. The fourth-order valence-electron chi connectivity index (χ4n) is 4.41. The Bertz CT molecular complexity index is 403. The molecule has 1 aromatic rings. The van der Waals surface area contributed by atoms with Crippen molar-refractivity contribution >= 4 is 0 Å². The minimum absolute atomic E-state index is 0.505. The summed E-state index contributed by atoms with van der Waals surface area (Å²) in [5.41, 5.74) is 1.23. The molecule has 5 unspecified atom stereocenters. The largest absolute Gasteiger partial charge is 0.316 e. The van der Waals surface area contributed by atoms with E-state index in [1.165, 1.54) is 37.8 Å². The van der Waals surface area contributed by atoms with Crippen molar-refractivity contribution in [3.8, 4) is 0 Å². The number of aromatic nitrogens is 1. The summed E-state index contributed by atoms with van der Waals surface area (Å²) in [6.45, 7) is 2.32. The van der Waals surface area contributed by atoms with E-state index >= 15 is 0 Å². The maximum atomic E-state index is 4.53. The summed E-state index contributed by atoms with van der Waals surface area (Å²) in [7, 11) is 2.11. The van der Waals surface area contributed by atoms with Crippen molar-refractivity contribution in [3.63, 3.8) is 0 Å². The molecule has 1 N–H and O–H groups in total. The number of nitrogens with zero attached hydrogens (tertiary/aromatic N) is 1. The Morgan fingerprint density at radius 3 is 2.79 bits per heavy atom. The van der Waals surface area contributed by atoms with Crippen LogP contribution in [0.15, 0.2) is 24.4 Å². The first-order valence-electron chi connectivity index (χ1n) is 7.86. The predicted octanol–water partition coefficient (Wildman–Crippen LogP) is 3.60. The van der Waals surface area contributed by atoms with Crippen LogP contribution in [-0.2, 0) is 0 Å². The van der Waals surface area contributed by atoms with Gasteiger partial charge in [0.1, 0.15) is 0 Å². The molecule has 5 atom stereocenters. The molecule has 0 saturated heterocycles. The molecule has 2 heteroatoms. The van der Waals surface area contributed by atoms with Crippen LogP contribution in [0.5, 0.6) is 0 Å². The molecule has 2 saturated carbocycles. The molecule has 3 rings (SSSR count). The highest BCUT2D eigenvalue weighted by Crippen LogP contribution is 2.50. The zero-order valence-corrected chi connectivity index (χ0v) is 12.2. The number of rotatable bonds is 5. The molecule has 2 bridgehead atoms. The van der Waals surface area contributed by atoms with Crippen LogP contribution in [0.25, 0.3) is 0 Å². The maximum Gasteiger partial charge on any atom is 0.0447 e. The van der Waals surface area contributed by atoms with Crippen LogP contribution >= 0.6 is 0 Å². The van der Waals surface area contributed by atoms with Crippen molar-refractivity contribution in [2.75, 3.05) is 7.05 Å². The van der Waals surface area contributed by atoms with Gasteiger partial charge in [0, 0.05) is 23.9 Å². The van der Waals surface area contributed by atoms with Gasteiger partial charge < -0.3 is 5.32 Å². The Kier molecular flexibility index (Phi) is 3.88. The predicted molar refractivity (Wildman–Crippen MR) is 79.1 cm³/mol. The molecular formula is C17H26N2. The molecular weight excluding hydrogens is 232 g/mol. The highest BCUT2D eigenvalue weighted by Gasteiger charge is 2.40. The number of hydrogen-bond acceptors (Lipinski definition) is 2. The van der Waals surface area contributed by atoms with E-state index in [2.05, 4.69) is 36.4 Å². The molecule has 19 heavy (non-hydrogen) atoms. The Morgan fingerprint density at radius 1 is 1.32 bits per heavy atom. The van der Waals surface area contributed by atoms with E-state index in [1.54, 1.807) is 0 Å². The number of likely N-dealkylation sites (N-methyl/N-ethyl adjacent to an activating group) is 1. The highest BCUT2D eigenvalue weighted by atomic mass is 14.9. The fraction of sp³-hybridized carbons (Fsp3) is 0.706. The van der Waals surface area contributed by atoms with E-state index < -0.39 is 0 Å². The quantitative estimate of drug-likeness (QED) is 0.873. The average Bonchev–Trinajstić information content (AvgIpc) is 3.07. The molecule has 0 spiro atoms. The van der Waals surface area contributed by atoms with E-state index in [4.69, 9.17) is 0 Å². The van der Waals surface area contributed by atoms with Crippen LogP contribution in [0.1, 0.15) is 50.6 Å². The van der Waals surface area contributed by atoms with Gasteiger partial charge in [-0.1, -0.05) is 19.4 Å². The van der Waals surface area contributed by atoms with Gasteiger partial charge in [-0.2, -0.15) is 0 Å². The first-order chi connectivity index (χ1) is 9.28. The van der Waals surface area contributed by atoms with Gasteiger partial charge in [-0.25, -0.2) is 0 Å². The topological polar surface area (TPSA) is 24.9 Å². The summed E-state index contributed by atoms with van der Waals surface area (Å²) >= 11 is 0. The fourth-order valence-corrected chi connectivity index (χ4v) is 4.41. The second-order valence-corrected chi connectivity index (χ2v) is 6.61. The van der Waals surface area contributed by atoms with Crippen molar-refractivity contribution in [1.29, 1.82) is 0 Å². The average molecular weight is 258 g/mol.